The molecule has 1 aliphatic heterocycles. The second-order valence-electron chi connectivity index (χ2n) is 6.18. The second kappa shape index (κ2) is 6.57. The molecule has 6 nitrogen and oxygen atoms in total. The molecule has 4 rings (SSSR count). The molecule has 2 aromatic heterocycles. The van der Waals surface area contributed by atoms with Crippen LogP contribution in [0.5, 0.6) is 0 Å². The van der Waals surface area contributed by atoms with Crippen molar-refractivity contribution in [2.75, 3.05) is 24.6 Å². The highest BCUT2D eigenvalue weighted by molar-refractivity contribution is 7.20. The van der Waals surface area contributed by atoms with Crippen molar-refractivity contribution < 1.29 is 4.74 Å². The third kappa shape index (κ3) is 3.05. The average Bonchev–Trinajstić information content (AvgIpc) is 3.07. The van der Waals surface area contributed by atoms with Gasteiger partial charge in [-0.1, -0.05) is 42.5 Å². The van der Waals surface area contributed by atoms with Crippen molar-refractivity contribution in [3.8, 4) is 0 Å². The molecule has 0 N–H and O–H groups in total. The van der Waals surface area contributed by atoms with Crippen LogP contribution in [0.1, 0.15) is 29.8 Å². The number of hydrogen-bond donors (Lipinski definition) is 0. The minimum absolute atomic E-state index is 0.0119. The van der Waals surface area contributed by atoms with Crippen LogP contribution in [0, 0.1) is 6.92 Å². The second-order valence-corrected chi connectivity index (χ2v) is 7.11. The van der Waals surface area contributed by atoms with Crippen LogP contribution in [0.15, 0.2) is 35.1 Å². The van der Waals surface area contributed by atoms with Gasteiger partial charge in [0, 0.05) is 18.3 Å². The van der Waals surface area contributed by atoms with Crippen LogP contribution in [0.4, 0.5) is 5.13 Å². The van der Waals surface area contributed by atoms with Crippen LogP contribution in [-0.2, 0) is 11.2 Å². The van der Waals surface area contributed by atoms with E-state index < -0.39 is 0 Å². The third-order valence-corrected chi connectivity index (χ3v) is 5.49. The van der Waals surface area contributed by atoms with Crippen LogP contribution in [-0.4, -0.2) is 34.3 Å². The molecule has 7 heteroatoms. The van der Waals surface area contributed by atoms with Crippen LogP contribution >= 0.6 is 11.3 Å². The van der Waals surface area contributed by atoms with E-state index in [4.69, 9.17) is 4.74 Å². The van der Waals surface area contributed by atoms with Gasteiger partial charge in [-0.25, -0.2) is 4.98 Å². The molecule has 0 radical (unpaired) electrons. The Morgan fingerprint density at radius 3 is 3.00 bits per heavy atom. The van der Waals surface area contributed by atoms with E-state index in [-0.39, 0.29) is 11.7 Å². The summed E-state index contributed by atoms with van der Waals surface area (Å²) < 4.78 is 7.38. The van der Waals surface area contributed by atoms with Gasteiger partial charge < -0.3 is 9.64 Å². The highest BCUT2D eigenvalue weighted by atomic mass is 32.1. The summed E-state index contributed by atoms with van der Waals surface area (Å²) in [6.07, 6.45) is 0.754. The molecule has 1 atom stereocenters. The zero-order valence-electron chi connectivity index (χ0n) is 14.3. The van der Waals surface area contributed by atoms with E-state index in [0.717, 1.165) is 30.3 Å². The number of morpholine rings is 1. The van der Waals surface area contributed by atoms with E-state index >= 15 is 0 Å². The first-order valence-electron chi connectivity index (χ1n) is 8.47. The number of rotatable bonds is 3. The lowest BCUT2D eigenvalue weighted by Crippen LogP contribution is -2.38. The van der Waals surface area contributed by atoms with Crippen molar-refractivity contribution >= 4 is 21.4 Å². The van der Waals surface area contributed by atoms with Gasteiger partial charge in [-0.05, 0) is 24.5 Å². The molecule has 3 aromatic rings. The quantitative estimate of drug-likeness (QED) is 0.722. The van der Waals surface area contributed by atoms with E-state index in [2.05, 4.69) is 34.0 Å². The van der Waals surface area contributed by atoms with E-state index in [9.17, 15) is 4.79 Å². The first-order valence-corrected chi connectivity index (χ1v) is 9.29. The zero-order chi connectivity index (χ0) is 17.4. The van der Waals surface area contributed by atoms with Gasteiger partial charge in [-0.3, -0.25) is 4.79 Å². The molecular weight excluding hydrogens is 336 g/mol. The number of benzene rings is 1. The van der Waals surface area contributed by atoms with Crippen molar-refractivity contribution in [3.05, 3.63) is 57.5 Å². The summed E-state index contributed by atoms with van der Waals surface area (Å²) >= 11 is 1.46. The molecule has 1 saturated heterocycles. The zero-order valence-corrected chi connectivity index (χ0v) is 15.1. The fraction of sp³-hybridized carbons (Fsp3) is 0.389. The number of fused-ring (bicyclic) bond motifs is 1. The van der Waals surface area contributed by atoms with Gasteiger partial charge in [0.15, 0.2) is 0 Å². The SMILES string of the molecule is CCc1cc(=O)n2nc(N3CCOC(c4ccccc4C)C3)sc2n1. The van der Waals surface area contributed by atoms with E-state index in [1.54, 1.807) is 6.07 Å². The lowest BCUT2D eigenvalue weighted by atomic mass is 10.0. The summed E-state index contributed by atoms with van der Waals surface area (Å²) in [5.74, 6) is 0. The smallest absolute Gasteiger partial charge is 0.275 e. The number of hydrogen-bond acceptors (Lipinski definition) is 6. The van der Waals surface area contributed by atoms with Crippen molar-refractivity contribution in [3.63, 3.8) is 0 Å². The molecule has 25 heavy (non-hydrogen) atoms. The van der Waals surface area contributed by atoms with Gasteiger partial charge in [-0.2, -0.15) is 4.52 Å². The van der Waals surface area contributed by atoms with Gasteiger partial charge in [0.25, 0.3) is 5.56 Å². The fourth-order valence-corrected chi connectivity index (χ4v) is 4.08. The van der Waals surface area contributed by atoms with Crippen molar-refractivity contribution in [1.82, 2.24) is 14.6 Å². The number of ether oxygens (including phenoxy) is 1. The monoisotopic (exact) mass is 356 g/mol. The Balaban J connectivity index is 1.65. The topological polar surface area (TPSA) is 59.7 Å². The standard InChI is InChI=1S/C18H20N4O2S/c1-3-13-10-16(23)22-17(19-13)25-18(20-22)21-8-9-24-15(11-21)14-7-5-4-6-12(14)2/h4-7,10,15H,3,8-9,11H2,1-2H3. The summed E-state index contributed by atoms with van der Waals surface area (Å²) in [6, 6.07) is 9.85. The predicted octanol–water partition coefficient (Wildman–Crippen LogP) is 2.60. The average molecular weight is 356 g/mol. The molecule has 1 unspecified atom stereocenters. The summed E-state index contributed by atoms with van der Waals surface area (Å²) in [4.78, 5) is 19.6. The molecule has 0 saturated carbocycles. The molecule has 1 fully saturated rings. The van der Waals surface area contributed by atoms with Gasteiger partial charge >= 0.3 is 0 Å². The van der Waals surface area contributed by atoms with Gasteiger partial charge in [-0.15, -0.1) is 5.10 Å². The van der Waals surface area contributed by atoms with Crippen LogP contribution in [0.25, 0.3) is 4.96 Å². The lowest BCUT2D eigenvalue weighted by molar-refractivity contribution is 0.0393. The molecule has 130 valence electrons. The minimum Gasteiger partial charge on any atom is -0.370 e. The number of nitrogens with zero attached hydrogens (tertiary/aromatic N) is 4. The molecule has 0 spiro atoms. The molecule has 1 aliphatic rings. The minimum atomic E-state index is -0.118. The molecule has 0 aliphatic carbocycles. The number of anilines is 1. The Bertz CT molecular complexity index is 965. The summed E-state index contributed by atoms with van der Waals surface area (Å²) in [5, 5.41) is 5.31. The molecule has 0 bridgehead atoms. The Morgan fingerprint density at radius 2 is 2.20 bits per heavy atom. The van der Waals surface area contributed by atoms with Crippen molar-refractivity contribution in [2.24, 2.45) is 0 Å². The predicted molar refractivity (Wildman–Crippen MR) is 98.6 cm³/mol. The normalized spacial score (nSPS) is 18.0. The number of aromatic nitrogens is 3. The Hall–Kier alpha value is -2.25. The van der Waals surface area contributed by atoms with E-state index in [1.165, 1.54) is 27.0 Å². The van der Waals surface area contributed by atoms with E-state index in [1.807, 2.05) is 19.1 Å². The first kappa shape index (κ1) is 16.2. The number of aryl methyl sites for hydroxylation is 2. The highest BCUT2D eigenvalue weighted by Crippen LogP contribution is 2.29. The summed E-state index contributed by atoms with van der Waals surface area (Å²) in [6.45, 7) is 6.22. The lowest BCUT2D eigenvalue weighted by Gasteiger charge is -2.33. The maximum atomic E-state index is 12.2. The molecule has 3 heterocycles. The Morgan fingerprint density at radius 1 is 1.36 bits per heavy atom. The molecule has 0 amide bonds. The van der Waals surface area contributed by atoms with Crippen molar-refractivity contribution in [2.45, 2.75) is 26.4 Å². The Kier molecular flexibility index (Phi) is 4.27. The van der Waals surface area contributed by atoms with Crippen molar-refractivity contribution in [1.29, 1.82) is 0 Å². The van der Waals surface area contributed by atoms with Crippen LogP contribution < -0.4 is 10.5 Å². The van der Waals surface area contributed by atoms with E-state index in [0.29, 0.717) is 11.6 Å². The van der Waals surface area contributed by atoms with Gasteiger partial charge in [0.05, 0.1) is 13.2 Å². The third-order valence-electron chi connectivity index (χ3n) is 4.52. The fourth-order valence-electron chi connectivity index (χ4n) is 3.11. The molecule has 1 aromatic carbocycles. The summed E-state index contributed by atoms with van der Waals surface area (Å²) in [5.41, 5.74) is 3.12. The first-order chi connectivity index (χ1) is 12.2. The highest BCUT2D eigenvalue weighted by Gasteiger charge is 2.25. The maximum Gasteiger partial charge on any atom is 0.275 e. The van der Waals surface area contributed by atoms with Crippen LogP contribution in [0.3, 0.4) is 0 Å². The summed E-state index contributed by atoms with van der Waals surface area (Å²) in [7, 11) is 0. The van der Waals surface area contributed by atoms with Crippen LogP contribution in [0.2, 0.25) is 0 Å². The van der Waals surface area contributed by atoms with Gasteiger partial charge in [0.1, 0.15) is 6.10 Å². The van der Waals surface area contributed by atoms with Gasteiger partial charge in [0.2, 0.25) is 10.1 Å². The Labute approximate surface area is 149 Å². The maximum absolute atomic E-state index is 12.2. The largest absolute Gasteiger partial charge is 0.370 e. The molecular formula is C18H20N4O2S.